The van der Waals surface area contributed by atoms with Crippen LogP contribution in [0.3, 0.4) is 0 Å². The first-order valence-electron chi connectivity index (χ1n) is 6.57. The first kappa shape index (κ1) is 12.0. The molecule has 1 heterocycles. The van der Waals surface area contributed by atoms with E-state index in [1.54, 1.807) is 0 Å². The van der Waals surface area contributed by atoms with Gasteiger partial charge in [0.05, 0.1) is 12.0 Å². The Morgan fingerprint density at radius 3 is 2.78 bits per heavy atom. The number of aryl methyl sites for hydroxylation is 1. The summed E-state index contributed by atoms with van der Waals surface area (Å²) in [5.74, 6) is 0.0501. The quantitative estimate of drug-likeness (QED) is 0.777. The molecule has 1 aliphatic carbocycles. The van der Waals surface area contributed by atoms with E-state index in [-0.39, 0.29) is 11.3 Å². The monoisotopic (exact) mass is 260 g/mol. The van der Waals surface area contributed by atoms with Gasteiger partial charge in [-0.15, -0.1) is 0 Å². The van der Waals surface area contributed by atoms with Crippen molar-refractivity contribution < 1.29 is 0 Å². The molecule has 1 fully saturated rings. The molecule has 1 N–H and O–H groups in total. The van der Waals surface area contributed by atoms with Crippen molar-refractivity contribution in [3.8, 4) is 6.07 Å². The Labute approximate surface area is 113 Å². The van der Waals surface area contributed by atoms with Crippen LogP contribution in [0.2, 0.25) is 5.02 Å². The maximum Gasteiger partial charge on any atom is 0.0724 e. The summed E-state index contributed by atoms with van der Waals surface area (Å²) in [6.07, 6.45) is 3.22. The van der Waals surface area contributed by atoms with Crippen LogP contribution < -0.4 is 5.32 Å². The molecule has 1 saturated heterocycles. The van der Waals surface area contributed by atoms with Crippen molar-refractivity contribution in [2.75, 3.05) is 13.1 Å². The Morgan fingerprint density at radius 2 is 2.11 bits per heavy atom. The van der Waals surface area contributed by atoms with E-state index >= 15 is 0 Å². The highest BCUT2D eigenvalue weighted by Gasteiger charge is 2.44. The van der Waals surface area contributed by atoms with Gasteiger partial charge in [0, 0.05) is 5.02 Å². The minimum absolute atomic E-state index is 0.0501. The lowest BCUT2D eigenvalue weighted by atomic mass is 9.74. The van der Waals surface area contributed by atoms with Gasteiger partial charge in [-0.05, 0) is 67.4 Å². The van der Waals surface area contributed by atoms with Crippen molar-refractivity contribution in [1.82, 2.24) is 5.32 Å². The van der Waals surface area contributed by atoms with Crippen molar-refractivity contribution in [1.29, 1.82) is 5.26 Å². The van der Waals surface area contributed by atoms with E-state index < -0.39 is 0 Å². The van der Waals surface area contributed by atoms with Crippen LogP contribution in [0.4, 0.5) is 0 Å². The average Bonchev–Trinajstić information content (AvgIpc) is 2.66. The highest BCUT2D eigenvalue weighted by molar-refractivity contribution is 6.31. The average molecular weight is 261 g/mol. The standard InChI is InChI=1S/C15H17ClN2/c1-10-6-12-11(9-17)8-15(2-4-18-5-3-15)13(12)7-14(10)16/h6-7,11,18H,2-5,8H2,1H3. The van der Waals surface area contributed by atoms with Crippen molar-refractivity contribution in [3.05, 3.63) is 33.8 Å². The topological polar surface area (TPSA) is 35.8 Å². The van der Waals surface area contributed by atoms with E-state index in [4.69, 9.17) is 11.6 Å². The Hall–Kier alpha value is -1.04. The zero-order chi connectivity index (χ0) is 12.8. The molecule has 0 bridgehead atoms. The maximum atomic E-state index is 9.39. The fraction of sp³-hybridized carbons (Fsp3) is 0.533. The van der Waals surface area contributed by atoms with Crippen LogP contribution in [-0.2, 0) is 5.41 Å². The first-order valence-corrected chi connectivity index (χ1v) is 6.95. The minimum Gasteiger partial charge on any atom is -0.317 e. The summed E-state index contributed by atoms with van der Waals surface area (Å²) in [7, 11) is 0. The summed E-state index contributed by atoms with van der Waals surface area (Å²) in [4.78, 5) is 0. The molecule has 0 aromatic heterocycles. The molecule has 1 aromatic rings. The van der Waals surface area contributed by atoms with Gasteiger partial charge in [0.25, 0.3) is 0 Å². The summed E-state index contributed by atoms with van der Waals surface area (Å²) >= 11 is 6.29. The number of benzene rings is 1. The molecular formula is C15H17ClN2. The third kappa shape index (κ3) is 1.66. The predicted molar refractivity (Wildman–Crippen MR) is 72.9 cm³/mol. The van der Waals surface area contributed by atoms with Crippen LogP contribution in [0.25, 0.3) is 0 Å². The van der Waals surface area contributed by atoms with E-state index in [2.05, 4.69) is 23.5 Å². The molecule has 0 amide bonds. The zero-order valence-electron chi connectivity index (χ0n) is 10.6. The maximum absolute atomic E-state index is 9.39. The van der Waals surface area contributed by atoms with Crippen LogP contribution in [0, 0.1) is 18.3 Å². The number of hydrogen-bond donors (Lipinski definition) is 1. The van der Waals surface area contributed by atoms with Gasteiger partial charge in [-0.3, -0.25) is 0 Å². The van der Waals surface area contributed by atoms with Gasteiger partial charge >= 0.3 is 0 Å². The molecule has 1 aliphatic heterocycles. The molecule has 0 radical (unpaired) electrons. The first-order chi connectivity index (χ1) is 8.66. The molecule has 1 aromatic carbocycles. The highest BCUT2D eigenvalue weighted by Crippen LogP contribution is 2.51. The van der Waals surface area contributed by atoms with E-state index in [0.717, 1.165) is 42.9 Å². The molecule has 3 rings (SSSR count). The van der Waals surface area contributed by atoms with Crippen molar-refractivity contribution in [3.63, 3.8) is 0 Å². The van der Waals surface area contributed by atoms with Gasteiger partial charge < -0.3 is 5.32 Å². The van der Waals surface area contributed by atoms with E-state index in [1.807, 2.05) is 6.92 Å². The van der Waals surface area contributed by atoms with E-state index in [9.17, 15) is 5.26 Å². The summed E-state index contributed by atoms with van der Waals surface area (Å²) < 4.78 is 0. The van der Waals surface area contributed by atoms with Crippen LogP contribution in [0.5, 0.6) is 0 Å². The largest absolute Gasteiger partial charge is 0.317 e. The van der Waals surface area contributed by atoms with Crippen molar-refractivity contribution in [2.24, 2.45) is 0 Å². The number of nitrogens with one attached hydrogen (secondary N) is 1. The Morgan fingerprint density at radius 1 is 1.39 bits per heavy atom. The molecule has 94 valence electrons. The third-order valence-electron chi connectivity index (χ3n) is 4.59. The van der Waals surface area contributed by atoms with Crippen molar-refractivity contribution in [2.45, 2.75) is 37.5 Å². The molecule has 1 atom stereocenters. The van der Waals surface area contributed by atoms with Gasteiger partial charge in [-0.1, -0.05) is 17.7 Å². The second-order valence-corrected chi connectivity index (χ2v) is 6.01. The SMILES string of the molecule is Cc1cc2c(cc1Cl)C1(CCNCC1)CC2C#N. The van der Waals surface area contributed by atoms with Crippen molar-refractivity contribution >= 4 is 11.6 Å². The predicted octanol–water partition coefficient (Wildman–Crippen LogP) is 3.28. The molecule has 18 heavy (non-hydrogen) atoms. The van der Waals surface area contributed by atoms with Crippen LogP contribution in [0.1, 0.15) is 41.9 Å². The lowest BCUT2D eigenvalue weighted by Gasteiger charge is -2.35. The number of nitriles is 1. The second kappa shape index (κ2) is 4.26. The Bertz CT molecular complexity index is 524. The van der Waals surface area contributed by atoms with Gasteiger partial charge in [-0.2, -0.15) is 5.26 Å². The van der Waals surface area contributed by atoms with Gasteiger partial charge in [0.1, 0.15) is 0 Å². The summed E-state index contributed by atoms with van der Waals surface area (Å²) in [5.41, 5.74) is 3.84. The molecule has 1 spiro atoms. The lowest BCUT2D eigenvalue weighted by Crippen LogP contribution is -2.38. The number of fused-ring (bicyclic) bond motifs is 2. The van der Waals surface area contributed by atoms with Gasteiger partial charge in [0.2, 0.25) is 0 Å². The Balaban J connectivity index is 2.14. The third-order valence-corrected chi connectivity index (χ3v) is 5.00. The number of piperidine rings is 1. The molecule has 2 nitrogen and oxygen atoms in total. The lowest BCUT2D eigenvalue weighted by molar-refractivity contribution is 0.301. The molecule has 1 unspecified atom stereocenters. The zero-order valence-corrected chi connectivity index (χ0v) is 11.3. The summed E-state index contributed by atoms with van der Waals surface area (Å²) in [6.45, 7) is 4.11. The fourth-order valence-corrected chi connectivity index (χ4v) is 3.72. The summed E-state index contributed by atoms with van der Waals surface area (Å²) in [6, 6.07) is 6.72. The van der Waals surface area contributed by atoms with E-state index in [1.165, 1.54) is 11.1 Å². The summed E-state index contributed by atoms with van der Waals surface area (Å²) in [5, 5.41) is 13.6. The number of hydrogen-bond acceptors (Lipinski definition) is 2. The van der Waals surface area contributed by atoms with Gasteiger partial charge in [0.15, 0.2) is 0 Å². The van der Waals surface area contributed by atoms with E-state index in [0.29, 0.717) is 0 Å². The number of nitrogens with zero attached hydrogens (tertiary/aromatic N) is 1. The minimum atomic E-state index is 0.0501. The number of rotatable bonds is 0. The normalized spacial score (nSPS) is 24.8. The van der Waals surface area contributed by atoms with Crippen LogP contribution in [0.15, 0.2) is 12.1 Å². The smallest absolute Gasteiger partial charge is 0.0724 e. The fourth-order valence-electron chi connectivity index (χ4n) is 3.56. The molecular weight excluding hydrogens is 244 g/mol. The Kier molecular flexibility index (Phi) is 2.84. The van der Waals surface area contributed by atoms with Gasteiger partial charge in [-0.25, -0.2) is 0 Å². The molecule has 2 aliphatic rings. The van der Waals surface area contributed by atoms with Crippen LogP contribution in [-0.4, -0.2) is 13.1 Å². The highest BCUT2D eigenvalue weighted by atomic mass is 35.5. The second-order valence-electron chi connectivity index (χ2n) is 5.60. The number of halogens is 1. The molecule has 3 heteroatoms. The van der Waals surface area contributed by atoms with Crippen LogP contribution >= 0.6 is 11.6 Å². The molecule has 0 saturated carbocycles.